The minimum absolute atomic E-state index is 0.281. The van der Waals surface area contributed by atoms with Crippen LogP contribution in [0.15, 0.2) is 18.3 Å². The highest BCUT2D eigenvalue weighted by Gasteiger charge is 2.08. The molecule has 4 heteroatoms. The van der Waals surface area contributed by atoms with E-state index in [1.807, 2.05) is 6.20 Å². The molecule has 0 aliphatic rings. The first-order valence-corrected chi connectivity index (χ1v) is 7.04. The zero-order valence-corrected chi connectivity index (χ0v) is 12.2. The summed E-state index contributed by atoms with van der Waals surface area (Å²) in [4.78, 5) is 6.69. The lowest BCUT2D eigenvalue weighted by molar-refractivity contribution is 0.558. The van der Waals surface area contributed by atoms with E-state index in [-0.39, 0.29) is 6.04 Å². The van der Waals surface area contributed by atoms with E-state index in [2.05, 4.69) is 54.2 Å². The van der Waals surface area contributed by atoms with E-state index in [1.54, 1.807) is 0 Å². The first-order chi connectivity index (χ1) is 9.22. The summed E-state index contributed by atoms with van der Waals surface area (Å²) in [6.45, 7) is 9.05. The second-order valence-corrected chi connectivity index (χ2v) is 4.60. The third-order valence-electron chi connectivity index (χ3n) is 3.16. The van der Waals surface area contributed by atoms with Crippen LogP contribution in [0.5, 0.6) is 0 Å². The fourth-order valence-corrected chi connectivity index (χ4v) is 1.96. The topological polar surface area (TPSA) is 52.0 Å². The van der Waals surface area contributed by atoms with Crippen LogP contribution in [0.25, 0.3) is 0 Å². The summed E-state index contributed by atoms with van der Waals surface area (Å²) in [7, 11) is 0. The van der Waals surface area contributed by atoms with Crippen molar-refractivity contribution in [3.8, 4) is 6.07 Å². The number of rotatable bonds is 8. The molecular weight excluding hydrogens is 236 g/mol. The van der Waals surface area contributed by atoms with E-state index < -0.39 is 0 Å². The van der Waals surface area contributed by atoms with Gasteiger partial charge in [-0.05, 0) is 38.9 Å². The molecule has 0 bridgehead atoms. The Morgan fingerprint density at radius 2 is 2.21 bits per heavy atom. The van der Waals surface area contributed by atoms with Crippen molar-refractivity contribution in [2.75, 3.05) is 24.5 Å². The first-order valence-electron chi connectivity index (χ1n) is 7.04. The summed E-state index contributed by atoms with van der Waals surface area (Å²) in [5.74, 6) is 0. The Labute approximate surface area is 116 Å². The molecule has 1 unspecified atom stereocenters. The van der Waals surface area contributed by atoms with Gasteiger partial charge >= 0.3 is 0 Å². The van der Waals surface area contributed by atoms with Gasteiger partial charge in [-0.2, -0.15) is 5.26 Å². The summed E-state index contributed by atoms with van der Waals surface area (Å²) in [6.07, 6.45) is 3.57. The number of nitriles is 1. The molecule has 0 saturated heterocycles. The van der Waals surface area contributed by atoms with Gasteiger partial charge in [0, 0.05) is 19.1 Å². The summed E-state index contributed by atoms with van der Waals surface area (Å²) in [5.41, 5.74) is 2.15. The van der Waals surface area contributed by atoms with Gasteiger partial charge in [0.05, 0.1) is 30.1 Å². The quantitative estimate of drug-likeness (QED) is 0.781. The molecule has 0 fully saturated rings. The molecule has 1 aromatic rings. The Morgan fingerprint density at radius 3 is 2.74 bits per heavy atom. The van der Waals surface area contributed by atoms with Crippen molar-refractivity contribution in [3.63, 3.8) is 0 Å². The molecule has 104 valence electrons. The van der Waals surface area contributed by atoms with E-state index in [0.717, 1.165) is 37.4 Å². The van der Waals surface area contributed by atoms with Gasteiger partial charge in [-0.15, -0.1) is 0 Å². The summed E-state index contributed by atoms with van der Waals surface area (Å²) >= 11 is 0. The maximum Gasteiger partial charge on any atom is 0.0640 e. The van der Waals surface area contributed by atoms with Crippen molar-refractivity contribution in [2.24, 2.45) is 0 Å². The molecule has 0 saturated carbocycles. The highest BCUT2D eigenvalue weighted by atomic mass is 15.1. The molecule has 0 aromatic carbocycles. The van der Waals surface area contributed by atoms with E-state index in [0.29, 0.717) is 6.42 Å². The molecule has 0 amide bonds. The van der Waals surface area contributed by atoms with Gasteiger partial charge in [-0.3, -0.25) is 4.98 Å². The molecule has 0 aliphatic heterocycles. The number of pyridine rings is 1. The lowest BCUT2D eigenvalue weighted by Crippen LogP contribution is -2.24. The molecular formula is C15H24N4. The first kappa shape index (κ1) is 15.5. The van der Waals surface area contributed by atoms with Gasteiger partial charge in [0.15, 0.2) is 0 Å². The number of hydrogen-bond acceptors (Lipinski definition) is 4. The smallest absolute Gasteiger partial charge is 0.0640 e. The third kappa shape index (κ3) is 4.88. The van der Waals surface area contributed by atoms with Crippen molar-refractivity contribution >= 4 is 5.69 Å². The molecule has 1 rings (SSSR count). The number of anilines is 1. The Bertz CT molecular complexity index is 394. The number of hydrogen-bond donors (Lipinski definition) is 1. The summed E-state index contributed by atoms with van der Waals surface area (Å²) in [6, 6.07) is 6.62. The predicted molar refractivity (Wildman–Crippen MR) is 79.1 cm³/mol. The van der Waals surface area contributed by atoms with Crippen LogP contribution in [0.3, 0.4) is 0 Å². The molecule has 0 aliphatic carbocycles. The summed E-state index contributed by atoms with van der Waals surface area (Å²) < 4.78 is 0. The van der Waals surface area contributed by atoms with Crippen molar-refractivity contribution in [1.82, 2.24) is 10.3 Å². The lowest BCUT2D eigenvalue weighted by atomic mass is 10.2. The van der Waals surface area contributed by atoms with E-state index in [4.69, 9.17) is 5.26 Å². The van der Waals surface area contributed by atoms with Crippen molar-refractivity contribution in [1.29, 1.82) is 5.26 Å². The standard InChI is InChI=1S/C15H24N4/c1-4-10-17-13(3)15-8-7-14(12-18-15)19(5-2)11-6-9-16/h7-8,12-13,17H,4-6,10-11H2,1-3H3. The Hall–Kier alpha value is -1.60. The number of nitrogens with zero attached hydrogens (tertiary/aromatic N) is 3. The normalized spacial score (nSPS) is 11.9. The highest BCUT2D eigenvalue weighted by Crippen LogP contribution is 2.16. The van der Waals surface area contributed by atoms with Crippen molar-refractivity contribution in [3.05, 3.63) is 24.0 Å². The highest BCUT2D eigenvalue weighted by molar-refractivity contribution is 5.44. The van der Waals surface area contributed by atoms with Gasteiger partial charge in [0.2, 0.25) is 0 Å². The Morgan fingerprint density at radius 1 is 1.42 bits per heavy atom. The molecule has 1 N–H and O–H groups in total. The average Bonchev–Trinajstić information content (AvgIpc) is 2.46. The predicted octanol–water partition coefficient (Wildman–Crippen LogP) is 2.88. The van der Waals surface area contributed by atoms with E-state index in [9.17, 15) is 0 Å². The van der Waals surface area contributed by atoms with Crippen LogP contribution in [-0.2, 0) is 0 Å². The van der Waals surface area contributed by atoms with E-state index in [1.165, 1.54) is 0 Å². The molecule has 19 heavy (non-hydrogen) atoms. The fraction of sp³-hybridized carbons (Fsp3) is 0.600. The maximum absolute atomic E-state index is 8.66. The van der Waals surface area contributed by atoms with Crippen LogP contribution >= 0.6 is 0 Å². The molecule has 0 spiro atoms. The maximum atomic E-state index is 8.66. The second kappa shape index (κ2) is 8.49. The van der Waals surface area contributed by atoms with Crippen LogP contribution in [0, 0.1) is 11.3 Å². The molecule has 1 atom stereocenters. The second-order valence-electron chi connectivity index (χ2n) is 4.60. The zero-order chi connectivity index (χ0) is 14.1. The molecule has 1 heterocycles. The van der Waals surface area contributed by atoms with Crippen molar-refractivity contribution < 1.29 is 0 Å². The molecule has 0 radical (unpaired) electrons. The van der Waals surface area contributed by atoms with E-state index >= 15 is 0 Å². The third-order valence-corrected chi connectivity index (χ3v) is 3.16. The van der Waals surface area contributed by atoms with Crippen LogP contribution in [0.2, 0.25) is 0 Å². The van der Waals surface area contributed by atoms with Gasteiger partial charge in [-0.1, -0.05) is 6.92 Å². The van der Waals surface area contributed by atoms with Gasteiger partial charge in [-0.25, -0.2) is 0 Å². The van der Waals surface area contributed by atoms with Crippen LogP contribution in [-0.4, -0.2) is 24.6 Å². The average molecular weight is 260 g/mol. The fourth-order valence-electron chi connectivity index (χ4n) is 1.96. The molecule has 1 aromatic heterocycles. The number of nitrogens with one attached hydrogen (secondary N) is 1. The minimum Gasteiger partial charge on any atom is -0.370 e. The van der Waals surface area contributed by atoms with Gasteiger partial charge < -0.3 is 10.2 Å². The van der Waals surface area contributed by atoms with Crippen molar-refractivity contribution in [2.45, 2.75) is 39.7 Å². The lowest BCUT2D eigenvalue weighted by Gasteiger charge is -2.22. The van der Waals surface area contributed by atoms with Crippen LogP contribution in [0.4, 0.5) is 5.69 Å². The largest absolute Gasteiger partial charge is 0.370 e. The minimum atomic E-state index is 0.281. The zero-order valence-electron chi connectivity index (χ0n) is 12.2. The Balaban J connectivity index is 2.66. The van der Waals surface area contributed by atoms with Crippen LogP contribution < -0.4 is 10.2 Å². The SMILES string of the molecule is CCCNC(C)c1ccc(N(CC)CCC#N)cn1. The monoisotopic (exact) mass is 260 g/mol. The Kier molecular flexibility index (Phi) is 6.91. The van der Waals surface area contributed by atoms with Gasteiger partial charge in [0.25, 0.3) is 0 Å². The molecule has 4 nitrogen and oxygen atoms in total. The van der Waals surface area contributed by atoms with Gasteiger partial charge in [0.1, 0.15) is 0 Å². The number of aromatic nitrogens is 1. The summed E-state index contributed by atoms with van der Waals surface area (Å²) in [5, 5.41) is 12.1. The van der Waals surface area contributed by atoms with Crippen LogP contribution in [0.1, 0.15) is 45.3 Å².